The molecular weight excluding hydrogens is 282 g/mol. The van der Waals surface area contributed by atoms with E-state index < -0.39 is 0 Å². The molecule has 2 rings (SSSR count). The molecule has 0 bridgehead atoms. The summed E-state index contributed by atoms with van der Waals surface area (Å²) in [5.74, 6) is 0.581. The van der Waals surface area contributed by atoms with Crippen LogP contribution in [0.25, 0.3) is 5.95 Å². The Balaban J connectivity index is 2.36. The number of hydrogen-bond donors (Lipinski definition) is 1. The molecule has 17 heavy (non-hydrogen) atoms. The SMILES string of the molecule is Cc1nn(-c2ncc(CCN)cn2)c(C)c1Br. The minimum absolute atomic E-state index is 0.581. The van der Waals surface area contributed by atoms with Crippen molar-refractivity contribution >= 4 is 15.9 Å². The molecule has 5 nitrogen and oxygen atoms in total. The molecule has 2 N–H and O–H groups in total. The Labute approximate surface area is 108 Å². The largest absolute Gasteiger partial charge is 0.330 e. The molecule has 0 aliphatic carbocycles. The Kier molecular flexibility index (Phi) is 3.54. The Morgan fingerprint density at radius 2 is 1.94 bits per heavy atom. The topological polar surface area (TPSA) is 69.6 Å². The summed E-state index contributed by atoms with van der Waals surface area (Å²) in [6.07, 6.45) is 4.38. The van der Waals surface area contributed by atoms with Crippen molar-refractivity contribution in [3.8, 4) is 5.95 Å². The van der Waals surface area contributed by atoms with Gasteiger partial charge < -0.3 is 5.73 Å². The summed E-state index contributed by atoms with van der Waals surface area (Å²) >= 11 is 3.48. The Hall–Kier alpha value is -1.27. The second kappa shape index (κ2) is 4.93. The van der Waals surface area contributed by atoms with Gasteiger partial charge in [0.25, 0.3) is 5.95 Å². The highest BCUT2D eigenvalue weighted by molar-refractivity contribution is 9.10. The number of aryl methyl sites for hydroxylation is 1. The normalized spacial score (nSPS) is 10.8. The van der Waals surface area contributed by atoms with Crippen LogP contribution >= 0.6 is 15.9 Å². The van der Waals surface area contributed by atoms with Gasteiger partial charge in [0.2, 0.25) is 0 Å². The predicted molar refractivity (Wildman–Crippen MR) is 69.1 cm³/mol. The fraction of sp³-hybridized carbons (Fsp3) is 0.364. The second-order valence-corrected chi connectivity index (χ2v) is 4.62. The van der Waals surface area contributed by atoms with Crippen molar-refractivity contribution in [2.24, 2.45) is 5.73 Å². The minimum atomic E-state index is 0.581. The van der Waals surface area contributed by atoms with Gasteiger partial charge in [0.1, 0.15) is 0 Å². The molecular formula is C11H14BrN5. The molecule has 90 valence electrons. The van der Waals surface area contributed by atoms with Crippen LogP contribution in [0.1, 0.15) is 17.0 Å². The molecule has 0 aromatic carbocycles. The lowest BCUT2D eigenvalue weighted by Crippen LogP contribution is -2.07. The molecule has 0 spiro atoms. The first kappa shape index (κ1) is 12.2. The zero-order chi connectivity index (χ0) is 12.4. The van der Waals surface area contributed by atoms with E-state index in [2.05, 4.69) is 31.0 Å². The highest BCUT2D eigenvalue weighted by Crippen LogP contribution is 2.21. The molecule has 2 aromatic heterocycles. The maximum absolute atomic E-state index is 5.48. The van der Waals surface area contributed by atoms with Gasteiger partial charge in [-0.3, -0.25) is 0 Å². The maximum Gasteiger partial charge on any atom is 0.250 e. The highest BCUT2D eigenvalue weighted by Gasteiger charge is 2.11. The highest BCUT2D eigenvalue weighted by atomic mass is 79.9. The summed E-state index contributed by atoms with van der Waals surface area (Å²) in [6, 6.07) is 0. The van der Waals surface area contributed by atoms with Crippen molar-refractivity contribution in [2.45, 2.75) is 20.3 Å². The lowest BCUT2D eigenvalue weighted by atomic mass is 10.2. The fourth-order valence-electron chi connectivity index (χ4n) is 1.57. The van der Waals surface area contributed by atoms with E-state index in [1.54, 1.807) is 17.1 Å². The monoisotopic (exact) mass is 295 g/mol. The van der Waals surface area contributed by atoms with Crippen LogP contribution in [-0.4, -0.2) is 26.3 Å². The predicted octanol–water partition coefficient (Wildman–Crippen LogP) is 1.54. The molecule has 6 heteroatoms. The van der Waals surface area contributed by atoms with E-state index in [1.807, 2.05) is 13.8 Å². The van der Waals surface area contributed by atoms with E-state index >= 15 is 0 Å². The number of aromatic nitrogens is 4. The lowest BCUT2D eigenvalue weighted by molar-refractivity contribution is 0.767. The van der Waals surface area contributed by atoms with Gasteiger partial charge >= 0.3 is 0 Å². The van der Waals surface area contributed by atoms with Gasteiger partial charge in [0, 0.05) is 12.4 Å². The molecule has 0 saturated carbocycles. The summed E-state index contributed by atoms with van der Waals surface area (Å²) in [5.41, 5.74) is 8.44. The number of rotatable bonds is 3. The average molecular weight is 296 g/mol. The first-order valence-electron chi connectivity index (χ1n) is 5.36. The van der Waals surface area contributed by atoms with Gasteiger partial charge in [-0.1, -0.05) is 0 Å². The average Bonchev–Trinajstić information content (AvgIpc) is 2.59. The van der Waals surface area contributed by atoms with Crippen LogP contribution in [0.4, 0.5) is 0 Å². The molecule has 0 aliphatic rings. The van der Waals surface area contributed by atoms with E-state index in [9.17, 15) is 0 Å². The lowest BCUT2D eigenvalue weighted by Gasteiger charge is -2.03. The standard InChI is InChI=1S/C11H14BrN5/c1-7-10(12)8(2)17(16-7)11-14-5-9(3-4-13)6-15-11/h5-6H,3-4,13H2,1-2H3. The smallest absolute Gasteiger partial charge is 0.250 e. The van der Waals surface area contributed by atoms with Crippen molar-refractivity contribution in [1.82, 2.24) is 19.7 Å². The molecule has 0 fully saturated rings. The van der Waals surface area contributed by atoms with Crippen LogP contribution in [0.3, 0.4) is 0 Å². The van der Waals surface area contributed by atoms with Gasteiger partial charge in [-0.2, -0.15) is 5.10 Å². The van der Waals surface area contributed by atoms with Gasteiger partial charge in [-0.25, -0.2) is 14.6 Å². The molecule has 0 amide bonds. The Bertz CT molecular complexity index is 517. The summed E-state index contributed by atoms with van der Waals surface area (Å²) in [5, 5.41) is 4.38. The van der Waals surface area contributed by atoms with E-state index in [0.29, 0.717) is 12.5 Å². The molecule has 0 saturated heterocycles. The van der Waals surface area contributed by atoms with Crippen LogP contribution in [0, 0.1) is 13.8 Å². The fourth-order valence-corrected chi connectivity index (χ4v) is 1.82. The first-order valence-corrected chi connectivity index (χ1v) is 6.16. The minimum Gasteiger partial charge on any atom is -0.330 e. The van der Waals surface area contributed by atoms with Crippen LogP contribution in [-0.2, 0) is 6.42 Å². The van der Waals surface area contributed by atoms with Crippen LogP contribution in [0.2, 0.25) is 0 Å². The molecule has 2 heterocycles. The molecule has 0 atom stereocenters. The number of nitrogens with two attached hydrogens (primary N) is 1. The van der Waals surface area contributed by atoms with Gasteiger partial charge in [0.15, 0.2) is 0 Å². The molecule has 2 aromatic rings. The van der Waals surface area contributed by atoms with Crippen molar-refractivity contribution in [1.29, 1.82) is 0 Å². The Morgan fingerprint density at radius 1 is 1.29 bits per heavy atom. The van der Waals surface area contributed by atoms with Crippen LogP contribution in [0.5, 0.6) is 0 Å². The van der Waals surface area contributed by atoms with Crippen molar-refractivity contribution in [3.05, 3.63) is 33.8 Å². The van der Waals surface area contributed by atoms with E-state index in [4.69, 9.17) is 5.73 Å². The summed E-state index contributed by atoms with van der Waals surface area (Å²) in [6.45, 7) is 4.52. The van der Waals surface area contributed by atoms with Crippen LogP contribution in [0.15, 0.2) is 16.9 Å². The third-order valence-electron chi connectivity index (χ3n) is 2.52. The van der Waals surface area contributed by atoms with Crippen molar-refractivity contribution in [3.63, 3.8) is 0 Å². The first-order chi connectivity index (χ1) is 8.13. The van der Waals surface area contributed by atoms with Crippen molar-refractivity contribution < 1.29 is 0 Å². The van der Waals surface area contributed by atoms with Crippen molar-refractivity contribution in [2.75, 3.05) is 6.54 Å². The van der Waals surface area contributed by atoms with Crippen LogP contribution < -0.4 is 5.73 Å². The quantitative estimate of drug-likeness (QED) is 0.933. The number of halogens is 1. The maximum atomic E-state index is 5.48. The second-order valence-electron chi connectivity index (χ2n) is 3.83. The van der Waals surface area contributed by atoms with Gasteiger partial charge in [-0.05, 0) is 48.3 Å². The molecule has 0 aliphatic heterocycles. The zero-order valence-electron chi connectivity index (χ0n) is 9.81. The van der Waals surface area contributed by atoms with Gasteiger partial charge in [0.05, 0.1) is 15.9 Å². The van der Waals surface area contributed by atoms with E-state index in [0.717, 1.165) is 27.8 Å². The summed E-state index contributed by atoms with van der Waals surface area (Å²) in [7, 11) is 0. The van der Waals surface area contributed by atoms with Gasteiger partial charge in [-0.15, -0.1) is 0 Å². The Morgan fingerprint density at radius 3 is 2.41 bits per heavy atom. The number of hydrogen-bond acceptors (Lipinski definition) is 4. The van der Waals surface area contributed by atoms with E-state index in [-0.39, 0.29) is 0 Å². The third kappa shape index (κ3) is 2.37. The van der Waals surface area contributed by atoms with E-state index in [1.165, 1.54) is 0 Å². The summed E-state index contributed by atoms with van der Waals surface area (Å²) < 4.78 is 2.72. The summed E-state index contributed by atoms with van der Waals surface area (Å²) in [4.78, 5) is 8.59. The zero-order valence-corrected chi connectivity index (χ0v) is 11.4. The third-order valence-corrected chi connectivity index (χ3v) is 3.66. The molecule has 0 radical (unpaired) electrons. The number of nitrogens with zero attached hydrogens (tertiary/aromatic N) is 4. The molecule has 0 unspecified atom stereocenters.